The van der Waals surface area contributed by atoms with Gasteiger partial charge in [-0.05, 0) is 37.1 Å². The van der Waals surface area contributed by atoms with E-state index in [1.54, 1.807) is 6.21 Å². The second-order valence-corrected chi connectivity index (χ2v) is 7.48. The number of carbonyl (C=O) groups is 1. The first-order valence-electron chi connectivity index (χ1n) is 9.26. The van der Waals surface area contributed by atoms with Crippen LogP contribution in [0.5, 0.6) is 0 Å². The van der Waals surface area contributed by atoms with Crippen LogP contribution in [0.2, 0.25) is 0 Å². The summed E-state index contributed by atoms with van der Waals surface area (Å²) in [6.07, 6.45) is 1.90. The van der Waals surface area contributed by atoms with Crippen molar-refractivity contribution in [2.45, 2.75) is 26.8 Å². The third-order valence-corrected chi connectivity index (χ3v) is 5.09. The third kappa shape index (κ3) is 5.76. The van der Waals surface area contributed by atoms with Crippen molar-refractivity contribution >= 4 is 29.1 Å². The standard InChI is InChI=1S/C22H24N4OS/c1-3-26(15-19-7-5-4-6-8-19)21-11-9-18(10-12-21)14-23-25-22(27)13-20-16-28-17(2)24-20/h4-12,14,16H,3,13,15H2,1-2H3,(H,25,27)/b23-14+. The summed E-state index contributed by atoms with van der Waals surface area (Å²) in [6.45, 7) is 5.87. The lowest BCUT2D eigenvalue weighted by Gasteiger charge is -2.23. The number of aryl methyl sites for hydroxylation is 1. The lowest BCUT2D eigenvalue weighted by molar-refractivity contribution is -0.120. The number of carbonyl (C=O) groups excluding carboxylic acids is 1. The van der Waals surface area contributed by atoms with E-state index in [1.165, 1.54) is 16.9 Å². The number of hydrogen-bond donors (Lipinski definition) is 1. The van der Waals surface area contributed by atoms with E-state index in [4.69, 9.17) is 0 Å². The minimum atomic E-state index is -0.168. The first-order chi connectivity index (χ1) is 13.6. The molecule has 0 bridgehead atoms. The summed E-state index contributed by atoms with van der Waals surface area (Å²) >= 11 is 1.54. The van der Waals surface area contributed by atoms with Crippen molar-refractivity contribution in [1.29, 1.82) is 0 Å². The van der Waals surface area contributed by atoms with Crippen molar-refractivity contribution < 1.29 is 4.79 Å². The molecular formula is C22H24N4OS. The van der Waals surface area contributed by atoms with E-state index in [0.717, 1.165) is 35.0 Å². The highest BCUT2D eigenvalue weighted by molar-refractivity contribution is 7.09. The molecule has 144 valence electrons. The van der Waals surface area contributed by atoms with Gasteiger partial charge in [0.1, 0.15) is 0 Å². The Hall–Kier alpha value is -2.99. The molecule has 1 N–H and O–H groups in total. The summed E-state index contributed by atoms with van der Waals surface area (Å²) in [5.41, 5.74) is 6.71. The maximum Gasteiger partial charge on any atom is 0.246 e. The predicted molar refractivity (Wildman–Crippen MR) is 116 cm³/mol. The monoisotopic (exact) mass is 392 g/mol. The van der Waals surface area contributed by atoms with Crippen LogP contribution in [0.3, 0.4) is 0 Å². The van der Waals surface area contributed by atoms with Crippen LogP contribution >= 0.6 is 11.3 Å². The summed E-state index contributed by atoms with van der Waals surface area (Å²) in [4.78, 5) is 18.5. The van der Waals surface area contributed by atoms with Gasteiger partial charge in [0.25, 0.3) is 0 Å². The number of benzene rings is 2. The summed E-state index contributed by atoms with van der Waals surface area (Å²) < 4.78 is 0. The fraction of sp³-hybridized carbons (Fsp3) is 0.227. The largest absolute Gasteiger partial charge is 0.367 e. The lowest BCUT2D eigenvalue weighted by Crippen LogP contribution is -2.21. The minimum absolute atomic E-state index is 0.168. The van der Waals surface area contributed by atoms with Gasteiger partial charge in [0.15, 0.2) is 0 Å². The van der Waals surface area contributed by atoms with Gasteiger partial charge in [0.2, 0.25) is 5.91 Å². The van der Waals surface area contributed by atoms with Crippen LogP contribution in [-0.4, -0.2) is 23.7 Å². The smallest absolute Gasteiger partial charge is 0.246 e. The van der Waals surface area contributed by atoms with E-state index in [2.05, 4.69) is 63.7 Å². The molecule has 1 amide bonds. The number of aromatic nitrogens is 1. The van der Waals surface area contributed by atoms with Crippen molar-refractivity contribution in [3.05, 3.63) is 81.8 Å². The van der Waals surface area contributed by atoms with Gasteiger partial charge in [-0.15, -0.1) is 11.3 Å². The zero-order valence-electron chi connectivity index (χ0n) is 16.1. The Morgan fingerprint density at radius 2 is 1.93 bits per heavy atom. The van der Waals surface area contributed by atoms with Gasteiger partial charge in [0, 0.05) is 24.2 Å². The molecule has 2 aromatic carbocycles. The van der Waals surface area contributed by atoms with Crippen molar-refractivity contribution in [2.75, 3.05) is 11.4 Å². The molecule has 5 nitrogen and oxygen atoms in total. The summed E-state index contributed by atoms with van der Waals surface area (Å²) in [5.74, 6) is -0.168. The van der Waals surface area contributed by atoms with E-state index < -0.39 is 0 Å². The Labute approximate surface area is 169 Å². The first-order valence-corrected chi connectivity index (χ1v) is 10.1. The quantitative estimate of drug-likeness (QED) is 0.462. The number of nitrogens with zero attached hydrogens (tertiary/aromatic N) is 3. The van der Waals surface area contributed by atoms with Gasteiger partial charge in [-0.3, -0.25) is 4.79 Å². The maximum atomic E-state index is 11.9. The van der Waals surface area contributed by atoms with Crippen LogP contribution in [0, 0.1) is 6.92 Å². The highest BCUT2D eigenvalue weighted by Gasteiger charge is 2.06. The summed E-state index contributed by atoms with van der Waals surface area (Å²) in [5, 5.41) is 6.90. The maximum absolute atomic E-state index is 11.9. The molecule has 0 unspecified atom stereocenters. The van der Waals surface area contributed by atoms with Crippen LogP contribution < -0.4 is 10.3 Å². The van der Waals surface area contributed by atoms with E-state index in [-0.39, 0.29) is 12.3 Å². The Bertz CT molecular complexity index is 919. The molecule has 0 saturated heterocycles. The van der Waals surface area contributed by atoms with Crippen molar-refractivity contribution in [3.63, 3.8) is 0 Å². The number of hydrogen-bond acceptors (Lipinski definition) is 5. The average Bonchev–Trinajstić information content (AvgIpc) is 3.12. The van der Waals surface area contributed by atoms with Crippen LogP contribution in [-0.2, 0) is 17.8 Å². The van der Waals surface area contributed by atoms with Crippen molar-refractivity contribution in [2.24, 2.45) is 5.10 Å². The van der Waals surface area contributed by atoms with E-state index in [0.29, 0.717) is 0 Å². The SMILES string of the molecule is CCN(Cc1ccccc1)c1ccc(/C=N/NC(=O)Cc2csc(C)n2)cc1. The topological polar surface area (TPSA) is 57.6 Å². The first kappa shape index (κ1) is 19.8. The molecule has 3 aromatic rings. The highest BCUT2D eigenvalue weighted by Crippen LogP contribution is 2.17. The number of rotatable bonds is 8. The van der Waals surface area contributed by atoms with Crippen LogP contribution in [0.15, 0.2) is 65.1 Å². The molecule has 0 saturated carbocycles. The Balaban J connectivity index is 1.54. The third-order valence-electron chi connectivity index (χ3n) is 4.27. The molecule has 28 heavy (non-hydrogen) atoms. The van der Waals surface area contributed by atoms with Gasteiger partial charge in [0.05, 0.1) is 23.3 Å². The van der Waals surface area contributed by atoms with Crippen molar-refractivity contribution in [3.8, 4) is 0 Å². The fourth-order valence-corrected chi connectivity index (χ4v) is 3.45. The summed E-state index contributed by atoms with van der Waals surface area (Å²) in [7, 11) is 0. The zero-order valence-corrected chi connectivity index (χ0v) is 16.9. The van der Waals surface area contributed by atoms with Gasteiger partial charge in [-0.2, -0.15) is 5.10 Å². The minimum Gasteiger partial charge on any atom is -0.367 e. The molecular weight excluding hydrogens is 368 g/mol. The molecule has 0 radical (unpaired) electrons. The van der Waals surface area contributed by atoms with Gasteiger partial charge >= 0.3 is 0 Å². The van der Waals surface area contributed by atoms with Gasteiger partial charge in [-0.25, -0.2) is 10.4 Å². The molecule has 0 aliphatic rings. The molecule has 0 aliphatic carbocycles. The van der Waals surface area contributed by atoms with Crippen LogP contribution in [0.1, 0.15) is 28.8 Å². The molecule has 6 heteroatoms. The van der Waals surface area contributed by atoms with E-state index in [1.807, 2.05) is 30.5 Å². The normalized spacial score (nSPS) is 10.9. The predicted octanol–water partition coefficient (Wildman–Crippen LogP) is 4.17. The van der Waals surface area contributed by atoms with E-state index >= 15 is 0 Å². The molecule has 0 atom stereocenters. The summed E-state index contributed by atoms with van der Waals surface area (Å²) in [6, 6.07) is 18.6. The van der Waals surface area contributed by atoms with Gasteiger partial charge < -0.3 is 4.90 Å². The number of hydrazone groups is 1. The second kappa shape index (κ2) is 9.80. The van der Waals surface area contributed by atoms with E-state index in [9.17, 15) is 4.79 Å². The fourth-order valence-electron chi connectivity index (χ4n) is 2.83. The molecule has 0 fully saturated rings. The second-order valence-electron chi connectivity index (χ2n) is 6.42. The number of thiazole rings is 1. The number of nitrogens with one attached hydrogen (secondary N) is 1. The molecule has 1 heterocycles. The number of amides is 1. The zero-order chi connectivity index (χ0) is 19.8. The van der Waals surface area contributed by atoms with Crippen LogP contribution in [0.4, 0.5) is 5.69 Å². The van der Waals surface area contributed by atoms with Gasteiger partial charge in [-0.1, -0.05) is 42.5 Å². The Morgan fingerprint density at radius 1 is 1.18 bits per heavy atom. The van der Waals surface area contributed by atoms with Crippen LogP contribution in [0.25, 0.3) is 0 Å². The molecule has 1 aromatic heterocycles. The van der Waals surface area contributed by atoms with Crippen molar-refractivity contribution in [1.82, 2.24) is 10.4 Å². The molecule has 3 rings (SSSR count). The average molecular weight is 393 g/mol. The Kier molecular flexibility index (Phi) is 6.92. The lowest BCUT2D eigenvalue weighted by atomic mass is 10.1. The molecule has 0 aliphatic heterocycles. The Morgan fingerprint density at radius 3 is 2.57 bits per heavy atom. The highest BCUT2D eigenvalue weighted by atomic mass is 32.1. The molecule has 0 spiro atoms. The number of anilines is 1.